The van der Waals surface area contributed by atoms with Gasteiger partial charge >= 0.3 is 5.97 Å². The van der Waals surface area contributed by atoms with E-state index >= 15 is 0 Å². The fraction of sp³-hybridized carbons (Fsp3) is 0.727. The molecule has 0 heterocycles. The van der Waals surface area contributed by atoms with Gasteiger partial charge in [-0.25, -0.2) is 0 Å². The summed E-state index contributed by atoms with van der Waals surface area (Å²) >= 11 is 1.60. The zero-order chi connectivity index (χ0) is 10.6. The van der Waals surface area contributed by atoms with Gasteiger partial charge in [-0.3, -0.25) is 4.79 Å². The monoisotopic (exact) mass is 214 g/mol. The quantitative estimate of drug-likeness (QED) is 0.731. The van der Waals surface area contributed by atoms with Crippen molar-refractivity contribution in [2.45, 2.75) is 43.6 Å². The van der Waals surface area contributed by atoms with E-state index in [1.807, 2.05) is 13.8 Å². The molecule has 1 aliphatic rings. The molecule has 0 fully saturated rings. The Morgan fingerprint density at radius 1 is 1.57 bits per heavy atom. The molecule has 0 saturated carbocycles. The predicted molar refractivity (Wildman–Crippen MR) is 60.6 cm³/mol. The van der Waals surface area contributed by atoms with Crippen molar-refractivity contribution in [2.75, 3.05) is 0 Å². The maximum absolute atomic E-state index is 11.0. The Kier molecular flexibility index (Phi) is 4.52. The number of carboxylic acid groups (broad SMARTS) is 1. The molecule has 0 aromatic rings. The molecule has 2 atom stereocenters. The molecule has 0 radical (unpaired) electrons. The lowest BCUT2D eigenvalue weighted by atomic mass is 10.1. The van der Waals surface area contributed by atoms with E-state index in [2.05, 4.69) is 12.2 Å². The topological polar surface area (TPSA) is 37.3 Å². The number of allylic oxidation sites excluding steroid dienone is 1. The first-order valence-corrected chi connectivity index (χ1v) is 6.10. The molecule has 0 saturated heterocycles. The third-order valence-electron chi connectivity index (χ3n) is 2.38. The van der Waals surface area contributed by atoms with E-state index < -0.39 is 5.97 Å². The van der Waals surface area contributed by atoms with Crippen LogP contribution in [0, 0.1) is 5.92 Å². The van der Waals surface area contributed by atoms with Crippen molar-refractivity contribution < 1.29 is 9.90 Å². The number of carbonyl (C=O) groups is 1. The predicted octanol–water partition coefficient (Wildman–Crippen LogP) is 2.94. The SMILES string of the molecule is CC(C)C(SC1C=CCCC1)C(=O)O. The number of aliphatic carboxylic acids is 1. The van der Waals surface area contributed by atoms with Crippen molar-refractivity contribution in [2.24, 2.45) is 5.92 Å². The summed E-state index contributed by atoms with van der Waals surface area (Å²) in [7, 11) is 0. The Balaban J connectivity index is 2.50. The van der Waals surface area contributed by atoms with E-state index in [1.54, 1.807) is 11.8 Å². The first-order valence-electron chi connectivity index (χ1n) is 5.16. The van der Waals surface area contributed by atoms with Gasteiger partial charge in [0.2, 0.25) is 0 Å². The Morgan fingerprint density at radius 2 is 2.29 bits per heavy atom. The summed E-state index contributed by atoms with van der Waals surface area (Å²) in [6.45, 7) is 3.94. The summed E-state index contributed by atoms with van der Waals surface area (Å²) in [4.78, 5) is 11.0. The summed E-state index contributed by atoms with van der Waals surface area (Å²) in [5, 5.41) is 9.18. The van der Waals surface area contributed by atoms with Crippen LogP contribution in [0.5, 0.6) is 0 Å². The molecule has 0 amide bonds. The van der Waals surface area contributed by atoms with Crippen molar-refractivity contribution in [3.8, 4) is 0 Å². The number of hydrogen-bond donors (Lipinski definition) is 1. The maximum atomic E-state index is 11.0. The smallest absolute Gasteiger partial charge is 0.316 e. The summed E-state index contributed by atoms with van der Waals surface area (Å²) in [6, 6.07) is 0. The molecule has 3 heteroatoms. The van der Waals surface area contributed by atoms with Gasteiger partial charge in [-0.2, -0.15) is 0 Å². The molecule has 0 bridgehead atoms. The van der Waals surface area contributed by atoms with Gasteiger partial charge in [-0.05, 0) is 25.2 Å². The zero-order valence-corrected chi connectivity index (χ0v) is 9.59. The normalized spacial score (nSPS) is 23.8. The molecule has 0 aliphatic heterocycles. The highest BCUT2D eigenvalue weighted by molar-refractivity contribution is 8.01. The molecule has 0 aromatic heterocycles. The van der Waals surface area contributed by atoms with Gasteiger partial charge < -0.3 is 5.11 Å². The van der Waals surface area contributed by atoms with Crippen LogP contribution in [-0.4, -0.2) is 21.6 Å². The lowest BCUT2D eigenvalue weighted by Crippen LogP contribution is -2.25. The minimum absolute atomic E-state index is 0.202. The van der Waals surface area contributed by atoms with E-state index in [4.69, 9.17) is 5.11 Å². The molecule has 80 valence electrons. The first kappa shape index (κ1) is 11.6. The lowest BCUT2D eigenvalue weighted by Gasteiger charge is -2.22. The Labute approximate surface area is 89.8 Å². The minimum atomic E-state index is -0.677. The molecule has 14 heavy (non-hydrogen) atoms. The van der Waals surface area contributed by atoms with Crippen molar-refractivity contribution in [1.29, 1.82) is 0 Å². The maximum Gasteiger partial charge on any atom is 0.316 e. The third kappa shape index (κ3) is 3.37. The van der Waals surface area contributed by atoms with Crippen LogP contribution < -0.4 is 0 Å². The van der Waals surface area contributed by atoms with Crippen LogP contribution in [0.25, 0.3) is 0 Å². The zero-order valence-electron chi connectivity index (χ0n) is 8.77. The minimum Gasteiger partial charge on any atom is -0.480 e. The van der Waals surface area contributed by atoms with Crippen molar-refractivity contribution in [3.63, 3.8) is 0 Å². The van der Waals surface area contributed by atoms with Crippen LogP contribution in [0.3, 0.4) is 0 Å². The molecule has 1 aliphatic carbocycles. The summed E-state index contributed by atoms with van der Waals surface area (Å²) in [6.07, 6.45) is 7.79. The number of thioether (sulfide) groups is 1. The highest BCUT2D eigenvalue weighted by Gasteiger charge is 2.25. The van der Waals surface area contributed by atoms with Gasteiger partial charge in [0.1, 0.15) is 5.25 Å². The second-order valence-electron chi connectivity index (χ2n) is 4.04. The van der Waals surface area contributed by atoms with Crippen LogP contribution in [-0.2, 0) is 4.79 Å². The molecular weight excluding hydrogens is 196 g/mol. The average Bonchev–Trinajstić information content (AvgIpc) is 2.15. The van der Waals surface area contributed by atoms with Gasteiger partial charge in [-0.15, -0.1) is 11.8 Å². The Bertz CT molecular complexity index is 223. The highest BCUT2D eigenvalue weighted by Crippen LogP contribution is 2.30. The van der Waals surface area contributed by atoms with Crippen molar-refractivity contribution in [3.05, 3.63) is 12.2 Å². The van der Waals surface area contributed by atoms with E-state index in [0.29, 0.717) is 5.25 Å². The van der Waals surface area contributed by atoms with Crippen LogP contribution in [0.4, 0.5) is 0 Å². The summed E-state index contributed by atoms with van der Waals surface area (Å²) in [5.41, 5.74) is 0. The third-order valence-corrected chi connectivity index (χ3v) is 4.16. The first-order chi connectivity index (χ1) is 6.61. The lowest BCUT2D eigenvalue weighted by molar-refractivity contribution is -0.137. The summed E-state index contributed by atoms with van der Waals surface area (Å²) in [5.74, 6) is -0.475. The Hall–Kier alpha value is -0.440. The van der Waals surface area contributed by atoms with Gasteiger partial charge in [0.05, 0.1) is 0 Å². The molecule has 1 N–H and O–H groups in total. The van der Waals surface area contributed by atoms with Crippen molar-refractivity contribution >= 4 is 17.7 Å². The number of rotatable bonds is 4. The van der Waals surface area contributed by atoms with Crippen LogP contribution in [0.15, 0.2) is 12.2 Å². The average molecular weight is 214 g/mol. The van der Waals surface area contributed by atoms with Crippen molar-refractivity contribution in [1.82, 2.24) is 0 Å². The summed E-state index contributed by atoms with van der Waals surface area (Å²) < 4.78 is 0. The van der Waals surface area contributed by atoms with Gasteiger partial charge in [-0.1, -0.05) is 26.0 Å². The van der Waals surface area contributed by atoms with E-state index in [9.17, 15) is 4.79 Å². The molecule has 1 rings (SSSR count). The molecule has 0 aromatic carbocycles. The van der Waals surface area contributed by atoms with E-state index in [-0.39, 0.29) is 11.2 Å². The standard InChI is InChI=1S/C11H18O2S/c1-8(2)10(11(12)13)14-9-6-4-3-5-7-9/h4,6,8-10H,3,5,7H2,1-2H3,(H,12,13). The number of hydrogen-bond acceptors (Lipinski definition) is 2. The highest BCUT2D eigenvalue weighted by atomic mass is 32.2. The molecule has 0 spiro atoms. The van der Waals surface area contributed by atoms with E-state index in [1.165, 1.54) is 6.42 Å². The van der Waals surface area contributed by atoms with Crippen LogP contribution >= 0.6 is 11.8 Å². The second-order valence-corrected chi connectivity index (χ2v) is 5.42. The van der Waals surface area contributed by atoms with E-state index in [0.717, 1.165) is 12.8 Å². The Morgan fingerprint density at radius 3 is 2.71 bits per heavy atom. The van der Waals surface area contributed by atoms with Crippen LogP contribution in [0.2, 0.25) is 0 Å². The molecule has 2 unspecified atom stereocenters. The van der Waals surface area contributed by atoms with Gasteiger partial charge in [0.15, 0.2) is 0 Å². The van der Waals surface area contributed by atoms with Gasteiger partial charge in [0.25, 0.3) is 0 Å². The fourth-order valence-electron chi connectivity index (χ4n) is 1.58. The second kappa shape index (κ2) is 5.44. The largest absolute Gasteiger partial charge is 0.480 e. The fourth-order valence-corrected chi connectivity index (χ4v) is 2.90. The van der Waals surface area contributed by atoms with Gasteiger partial charge in [0, 0.05) is 5.25 Å². The number of carboxylic acids is 1. The van der Waals surface area contributed by atoms with Crippen LogP contribution in [0.1, 0.15) is 33.1 Å². The molecular formula is C11H18O2S. The molecule has 2 nitrogen and oxygen atoms in total.